The van der Waals surface area contributed by atoms with Crippen LogP contribution < -0.4 is 0 Å². The molecule has 0 unspecified atom stereocenters. The van der Waals surface area contributed by atoms with Crippen LogP contribution in [0.2, 0.25) is 0 Å². The van der Waals surface area contributed by atoms with E-state index in [0.29, 0.717) is 5.56 Å². The van der Waals surface area contributed by atoms with Gasteiger partial charge < -0.3 is 5.11 Å². The van der Waals surface area contributed by atoms with Gasteiger partial charge in [-0.05, 0) is 65.4 Å². The Kier molecular flexibility index (Phi) is 6.44. The largest absolute Gasteiger partial charge is 0.478 e. The lowest BCUT2D eigenvalue weighted by atomic mass is 10.1. The molecule has 0 radical (unpaired) electrons. The molecule has 0 bridgehead atoms. The van der Waals surface area contributed by atoms with E-state index >= 15 is 0 Å². The van der Waals surface area contributed by atoms with Crippen molar-refractivity contribution in [1.29, 1.82) is 0 Å². The molecule has 0 aliphatic heterocycles. The molecule has 0 aliphatic carbocycles. The first-order valence-corrected chi connectivity index (χ1v) is 7.18. The number of carboxylic acid groups (broad SMARTS) is 1. The van der Waals surface area contributed by atoms with Crippen LogP contribution in [0.15, 0.2) is 46.9 Å². The Morgan fingerprint density at radius 1 is 1.21 bits per heavy atom. The molecular formula is C14H11BrFIO2. The van der Waals surface area contributed by atoms with E-state index in [4.69, 9.17) is 5.11 Å². The Balaban J connectivity index is 0.000000200. The van der Waals surface area contributed by atoms with Gasteiger partial charge in [0.2, 0.25) is 0 Å². The molecule has 5 heteroatoms. The fraction of sp³-hybridized carbons (Fsp3) is 0.0714. The second kappa shape index (κ2) is 7.59. The SMILES string of the molecule is Brc1ccc(I)cc1.Cc1cccc(C(=O)O)c1F. The van der Waals surface area contributed by atoms with E-state index in [0.717, 1.165) is 4.47 Å². The normalized spacial score (nSPS) is 9.47. The van der Waals surface area contributed by atoms with Gasteiger partial charge in [-0.1, -0.05) is 28.1 Å². The number of hydrogen-bond donors (Lipinski definition) is 1. The van der Waals surface area contributed by atoms with Gasteiger partial charge in [-0.2, -0.15) is 0 Å². The van der Waals surface area contributed by atoms with Gasteiger partial charge in [-0.15, -0.1) is 0 Å². The van der Waals surface area contributed by atoms with Gasteiger partial charge in [0.15, 0.2) is 0 Å². The van der Waals surface area contributed by atoms with Gasteiger partial charge in [0.05, 0.1) is 5.56 Å². The highest BCUT2D eigenvalue weighted by atomic mass is 127. The zero-order chi connectivity index (χ0) is 14.4. The molecule has 2 aromatic carbocycles. The number of carboxylic acids is 1. The molecule has 2 nitrogen and oxygen atoms in total. The smallest absolute Gasteiger partial charge is 0.338 e. The van der Waals surface area contributed by atoms with Crippen molar-refractivity contribution in [2.24, 2.45) is 0 Å². The molecule has 0 amide bonds. The number of benzene rings is 2. The van der Waals surface area contributed by atoms with E-state index in [1.54, 1.807) is 0 Å². The van der Waals surface area contributed by atoms with Crippen LogP contribution in [0.3, 0.4) is 0 Å². The molecule has 0 fully saturated rings. The van der Waals surface area contributed by atoms with E-state index in [-0.39, 0.29) is 5.56 Å². The maximum atomic E-state index is 12.9. The van der Waals surface area contributed by atoms with Crippen molar-refractivity contribution in [3.8, 4) is 0 Å². The van der Waals surface area contributed by atoms with Crippen LogP contribution in [-0.2, 0) is 0 Å². The third kappa shape index (κ3) is 5.28. The number of halogens is 3. The zero-order valence-electron chi connectivity index (χ0n) is 10.0. The molecule has 2 aromatic rings. The van der Waals surface area contributed by atoms with E-state index in [9.17, 15) is 9.18 Å². The molecule has 1 N–H and O–H groups in total. The van der Waals surface area contributed by atoms with Crippen molar-refractivity contribution in [1.82, 2.24) is 0 Å². The molecule has 0 atom stereocenters. The van der Waals surface area contributed by atoms with Crippen LogP contribution in [0.5, 0.6) is 0 Å². The fourth-order valence-electron chi connectivity index (χ4n) is 1.24. The van der Waals surface area contributed by atoms with Crippen LogP contribution in [0, 0.1) is 16.3 Å². The molecule has 0 spiro atoms. The second-order valence-corrected chi connectivity index (χ2v) is 5.84. The average Bonchev–Trinajstić information content (AvgIpc) is 2.37. The zero-order valence-corrected chi connectivity index (χ0v) is 13.8. The molecular weight excluding hydrogens is 426 g/mol. The fourth-order valence-corrected chi connectivity index (χ4v) is 1.87. The quantitative estimate of drug-likeness (QED) is 0.646. The lowest BCUT2D eigenvalue weighted by Crippen LogP contribution is -2.01. The van der Waals surface area contributed by atoms with E-state index in [2.05, 4.69) is 50.7 Å². The van der Waals surface area contributed by atoms with Gasteiger partial charge in [-0.3, -0.25) is 0 Å². The van der Waals surface area contributed by atoms with Crippen LogP contribution in [0.4, 0.5) is 4.39 Å². The minimum absolute atomic E-state index is 0.273. The highest BCUT2D eigenvalue weighted by Crippen LogP contribution is 2.11. The maximum absolute atomic E-state index is 12.9. The van der Waals surface area contributed by atoms with Crippen LogP contribution in [0.25, 0.3) is 0 Å². The molecule has 2 rings (SSSR count). The first-order valence-electron chi connectivity index (χ1n) is 5.31. The summed E-state index contributed by atoms with van der Waals surface area (Å²) in [5, 5.41) is 8.45. The highest BCUT2D eigenvalue weighted by molar-refractivity contribution is 14.1. The predicted octanol–water partition coefficient (Wildman–Crippen LogP) is 4.89. The number of rotatable bonds is 1. The second-order valence-electron chi connectivity index (χ2n) is 3.68. The van der Waals surface area contributed by atoms with Crippen molar-refractivity contribution < 1.29 is 14.3 Å². The monoisotopic (exact) mass is 436 g/mol. The van der Waals surface area contributed by atoms with Crippen LogP contribution in [-0.4, -0.2) is 11.1 Å². The highest BCUT2D eigenvalue weighted by Gasteiger charge is 2.10. The maximum Gasteiger partial charge on any atom is 0.338 e. The third-order valence-electron chi connectivity index (χ3n) is 2.23. The minimum atomic E-state index is -1.23. The van der Waals surface area contributed by atoms with Gasteiger partial charge >= 0.3 is 5.97 Å². The van der Waals surface area contributed by atoms with Crippen LogP contribution in [0.1, 0.15) is 15.9 Å². The van der Waals surface area contributed by atoms with Gasteiger partial charge in [0, 0.05) is 8.04 Å². The summed E-state index contributed by atoms with van der Waals surface area (Å²) >= 11 is 5.62. The lowest BCUT2D eigenvalue weighted by Gasteiger charge is -1.98. The Morgan fingerprint density at radius 3 is 2.21 bits per heavy atom. The Labute approximate surface area is 132 Å². The summed E-state index contributed by atoms with van der Waals surface area (Å²) in [5.41, 5.74) is 0.0786. The van der Waals surface area contributed by atoms with E-state index < -0.39 is 11.8 Å². The average molecular weight is 437 g/mol. The van der Waals surface area contributed by atoms with Crippen LogP contribution >= 0.6 is 38.5 Å². The summed E-state index contributed by atoms with van der Waals surface area (Å²) < 4.78 is 15.3. The van der Waals surface area contributed by atoms with E-state index in [1.165, 1.54) is 28.7 Å². The van der Waals surface area contributed by atoms with Crippen molar-refractivity contribution in [3.05, 3.63) is 67.5 Å². The molecule has 0 aromatic heterocycles. The number of aromatic carboxylic acids is 1. The Bertz CT molecular complexity index is 549. The molecule has 0 saturated heterocycles. The van der Waals surface area contributed by atoms with Gasteiger partial charge in [0.25, 0.3) is 0 Å². The topological polar surface area (TPSA) is 37.3 Å². The predicted molar refractivity (Wildman–Crippen MR) is 85.0 cm³/mol. The van der Waals surface area contributed by atoms with Crippen molar-refractivity contribution in [2.45, 2.75) is 6.92 Å². The Morgan fingerprint density at radius 2 is 1.79 bits per heavy atom. The summed E-state index contributed by atoms with van der Waals surface area (Å²) in [7, 11) is 0. The summed E-state index contributed by atoms with van der Waals surface area (Å²) in [6.07, 6.45) is 0. The lowest BCUT2D eigenvalue weighted by molar-refractivity contribution is 0.0691. The first-order chi connectivity index (χ1) is 8.91. The van der Waals surface area contributed by atoms with Gasteiger partial charge in [-0.25, -0.2) is 9.18 Å². The van der Waals surface area contributed by atoms with Crippen molar-refractivity contribution in [2.75, 3.05) is 0 Å². The minimum Gasteiger partial charge on any atom is -0.478 e. The summed E-state index contributed by atoms with van der Waals surface area (Å²) in [4.78, 5) is 10.3. The number of carbonyl (C=O) groups is 1. The molecule has 0 aliphatic rings. The summed E-state index contributed by atoms with van der Waals surface area (Å²) in [6.45, 7) is 1.53. The standard InChI is InChI=1S/C8H7FO2.C6H4BrI/c1-5-3-2-4-6(7(5)9)8(10)11;7-5-1-3-6(8)4-2-5/h2-4H,1H3,(H,10,11);1-4H. The molecule has 100 valence electrons. The molecule has 0 heterocycles. The first kappa shape index (κ1) is 16.1. The molecule has 0 saturated carbocycles. The van der Waals surface area contributed by atoms with E-state index in [1.807, 2.05) is 12.1 Å². The Hall–Kier alpha value is -0.950. The van der Waals surface area contributed by atoms with Gasteiger partial charge in [0.1, 0.15) is 5.82 Å². The van der Waals surface area contributed by atoms with Crippen molar-refractivity contribution >= 4 is 44.5 Å². The summed E-state index contributed by atoms with van der Waals surface area (Å²) in [5.74, 6) is -1.88. The number of aryl methyl sites for hydroxylation is 1. The summed E-state index contributed by atoms with van der Waals surface area (Å²) in [6, 6.07) is 12.5. The molecule has 19 heavy (non-hydrogen) atoms. The third-order valence-corrected chi connectivity index (χ3v) is 3.47. The number of hydrogen-bond acceptors (Lipinski definition) is 1. The van der Waals surface area contributed by atoms with Crippen molar-refractivity contribution in [3.63, 3.8) is 0 Å².